The maximum absolute atomic E-state index is 3.78. The van der Waals surface area contributed by atoms with Crippen molar-refractivity contribution >= 4 is 17.4 Å². The van der Waals surface area contributed by atoms with Crippen molar-refractivity contribution in [2.24, 2.45) is 11.3 Å². The molecule has 1 saturated heterocycles. The largest absolute Gasteiger partial charge is 0.365 e. The summed E-state index contributed by atoms with van der Waals surface area (Å²) in [5.41, 5.74) is 1.69. The summed E-state index contributed by atoms with van der Waals surface area (Å²) in [7, 11) is 0. The van der Waals surface area contributed by atoms with Gasteiger partial charge in [0.25, 0.3) is 0 Å². The molecule has 1 aliphatic heterocycles. The van der Waals surface area contributed by atoms with E-state index < -0.39 is 0 Å². The van der Waals surface area contributed by atoms with Gasteiger partial charge in [0.15, 0.2) is 0 Å². The van der Waals surface area contributed by atoms with Gasteiger partial charge in [0.2, 0.25) is 0 Å². The van der Waals surface area contributed by atoms with Gasteiger partial charge >= 0.3 is 0 Å². The molecule has 2 atom stereocenters. The van der Waals surface area contributed by atoms with E-state index in [2.05, 4.69) is 75.4 Å². The minimum Gasteiger partial charge on any atom is -0.365 e. The standard InChI is InChI=1S/C18H30N2S/c1-13(2)15-11-19-17(18(3,4)5)12-20(15)14-9-7-8-10-16(14)21-6/h7-10,13,15,17,19H,11-12H2,1-6H3. The first kappa shape index (κ1) is 16.7. The topological polar surface area (TPSA) is 15.3 Å². The minimum absolute atomic E-state index is 0.286. The molecule has 3 heteroatoms. The molecule has 1 fully saturated rings. The summed E-state index contributed by atoms with van der Waals surface area (Å²) in [6.07, 6.45) is 2.17. The summed E-state index contributed by atoms with van der Waals surface area (Å²) < 4.78 is 0. The fourth-order valence-corrected chi connectivity index (χ4v) is 3.70. The Balaban J connectivity index is 2.34. The quantitative estimate of drug-likeness (QED) is 0.840. The lowest BCUT2D eigenvalue weighted by Crippen LogP contribution is -2.62. The number of hydrogen-bond donors (Lipinski definition) is 1. The number of hydrogen-bond acceptors (Lipinski definition) is 3. The Labute approximate surface area is 134 Å². The van der Waals surface area contributed by atoms with Crippen LogP contribution in [0.1, 0.15) is 34.6 Å². The molecule has 0 radical (unpaired) electrons. The molecular weight excluding hydrogens is 276 g/mol. The number of nitrogens with zero attached hydrogens (tertiary/aromatic N) is 1. The highest BCUT2D eigenvalue weighted by Crippen LogP contribution is 2.34. The van der Waals surface area contributed by atoms with E-state index in [1.807, 2.05) is 11.8 Å². The summed E-state index contributed by atoms with van der Waals surface area (Å²) in [4.78, 5) is 4.03. The zero-order chi connectivity index (χ0) is 15.6. The van der Waals surface area contributed by atoms with E-state index in [0.29, 0.717) is 18.0 Å². The molecule has 2 rings (SSSR count). The zero-order valence-electron chi connectivity index (χ0n) is 14.3. The maximum Gasteiger partial charge on any atom is 0.0507 e. The monoisotopic (exact) mass is 306 g/mol. The molecule has 0 spiro atoms. The molecule has 21 heavy (non-hydrogen) atoms. The van der Waals surface area contributed by atoms with Crippen LogP contribution in [0.4, 0.5) is 5.69 Å². The van der Waals surface area contributed by atoms with E-state index in [9.17, 15) is 0 Å². The van der Waals surface area contributed by atoms with E-state index in [4.69, 9.17) is 0 Å². The van der Waals surface area contributed by atoms with E-state index in [1.54, 1.807) is 0 Å². The lowest BCUT2D eigenvalue weighted by atomic mass is 9.83. The summed E-state index contributed by atoms with van der Waals surface area (Å²) in [5, 5.41) is 3.78. The number of nitrogens with one attached hydrogen (secondary N) is 1. The fraction of sp³-hybridized carbons (Fsp3) is 0.667. The van der Waals surface area contributed by atoms with Crippen molar-refractivity contribution in [3.8, 4) is 0 Å². The smallest absolute Gasteiger partial charge is 0.0507 e. The highest BCUT2D eigenvalue weighted by molar-refractivity contribution is 7.98. The molecule has 0 aliphatic carbocycles. The third-order valence-corrected chi connectivity index (χ3v) is 5.35. The average Bonchev–Trinajstić information content (AvgIpc) is 2.45. The first-order valence-corrected chi connectivity index (χ1v) is 9.20. The molecule has 1 N–H and O–H groups in total. The van der Waals surface area contributed by atoms with Gasteiger partial charge in [-0.1, -0.05) is 46.8 Å². The van der Waals surface area contributed by atoms with E-state index in [0.717, 1.165) is 13.1 Å². The van der Waals surface area contributed by atoms with Crippen molar-refractivity contribution < 1.29 is 0 Å². The molecule has 2 nitrogen and oxygen atoms in total. The Hall–Kier alpha value is -0.670. The van der Waals surface area contributed by atoms with Crippen LogP contribution in [0, 0.1) is 11.3 Å². The molecule has 2 unspecified atom stereocenters. The van der Waals surface area contributed by atoms with Crippen LogP contribution in [-0.2, 0) is 0 Å². The van der Waals surface area contributed by atoms with Crippen LogP contribution >= 0.6 is 11.8 Å². The second-order valence-corrected chi connectivity index (χ2v) is 8.31. The zero-order valence-corrected chi connectivity index (χ0v) is 15.1. The maximum atomic E-state index is 3.78. The Morgan fingerprint density at radius 1 is 1.24 bits per heavy atom. The Morgan fingerprint density at radius 2 is 1.90 bits per heavy atom. The number of piperazine rings is 1. The first-order chi connectivity index (χ1) is 9.84. The van der Waals surface area contributed by atoms with Gasteiger partial charge in [0, 0.05) is 30.1 Å². The van der Waals surface area contributed by atoms with Crippen LogP contribution in [0.15, 0.2) is 29.2 Å². The normalized spacial score (nSPS) is 23.7. The van der Waals surface area contributed by atoms with Crippen LogP contribution < -0.4 is 10.2 Å². The van der Waals surface area contributed by atoms with Crippen LogP contribution in [0.2, 0.25) is 0 Å². The summed E-state index contributed by atoms with van der Waals surface area (Å²) in [6.45, 7) is 13.8. The van der Waals surface area contributed by atoms with E-state index >= 15 is 0 Å². The lowest BCUT2D eigenvalue weighted by molar-refractivity contribution is 0.220. The number of thioether (sulfide) groups is 1. The van der Waals surface area contributed by atoms with Crippen LogP contribution in [0.25, 0.3) is 0 Å². The predicted molar refractivity (Wildman–Crippen MR) is 95.4 cm³/mol. The third-order valence-electron chi connectivity index (χ3n) is 4.56. The fourth-order valence-electron chi connectivity index (χ4n) is 3.09. The summed E-state index contributed by atoms with van der Waals surface area (Å²) in [6, 6.07) is 9.93. The molecule has 1 aromatic carbocycles. The Kier molecular flexibility index (Phi) is 5.26. The van der Waals surface area contributed by atoms with Crippen LogP contribution in [0.3, 0.4) is 0 Å². The first-order valence-electron chi connectivity index (χ1n) is 7.97. The number of benzene rings is 1. The Morgan fingerprint density at radius 3 is 2.48 bits per heavy atom. The SMILES string of the molecule is CSc1ccccc1N1CC(C(C)(C)C)NCC1C(C)C. The highest BCUT2D eigenvalue weighted by Gasteiger charge is 2.35. The van der Waals surface area contributed by atoms with Gasteiger partial charge in [-0.3, -0.25) is 0 Å². The van der Waals surface area contributed by atoms with Crippen molar-refractivity contribution in [2.45, 2.75) is 51.6 Å². The van der Waals surface area contributed by atoms with Crippen molar-refractivity contribution in [1.82, 2.24) is 5.32 Å². The van der Waals surface area contributed by atoms with Crippen molar-refractivity contribution in [3.63, 3.8) is 0 Å². The second-order valence-electron chi connectivity index (χ2n) is 7.46. The highest BCUT2D eigenvalue weighted by atomic mass is 32.2. The predicted octanol–water partition coefficient (Wildman–Crippen LogP) is 4.26. The molecule has 1 aliphatic rings. The minimum atomic E-state index is 0.286. The second kappa shape index (κ2) is 6.62. The average molecular weight is 307 g/mol. The Bertz CT molecular complexity index is 465. The summed E-state index contributed by atoms with van der Waals surface area (Å²) >= 11 is 1.85. The molecule has 0 bridgehead atoms. The van der Waals surface area contributed by atoms with Gasteiger partial charge in [-0.25, -0.2) is 0 Å². The third kappa shape index (κ3) is 3.75. The van der Waals surface area contributed by atoms with Crippen molar-refractivity contribution in [2.75, 3.05) is 24.2 Å². The number of anilines is 1. The van der Waals surface area contributed by atoms with Crippen molar-refractivity contribution in [3.05, 3.63) is 24.3 Å². The molecule has 1 heterocycles. The van der Waals surface area contributed by atoms with Crippen LogP contribution in [-0.4, -0.2) is 31.4 Å². The van der Waals surface area contributed by atoms with E-state index in [1.165, 1.54) is 10.6 Å². The van der Waals surface area contributed by atoms with Crippen LogP contribution in [0.5, 0.6) is 0 Å². The van der Waals surface area contributed by atoms with Gasteiger partial charge in [-0.05, 0) is 29.7 Å². The molecule has 118 valence electrons. The van der Waals surface area contributed by atoms with Gasteiger partial charge in [-0.2, -0.15) is 0 Å². The van der Waals surface area contributed by atoms with Gasteiger partial charge < -0.3 is 10.2 Å². The molecule has 0 saturated carbocycles. The number of rotatable bonds is 3. The molecular formula is C18H30N2S. The lowest BCUT2D eigenvalue weighted by Gasteiger charge is -2.48. The molecule has 0 aromatic heterocycles. The summed E-state index contributed by atoms with van der Waals surface area (Å²) in [5.74, 6) is 0.647. The molecule has 0 amide bonds. The number of para-hydroxylation sites is 1. The van der Waals surface area contributed by atoms with E-state index in [-0.39, 0.29) is 5.41 Å². The van der Waals surface area contributed by atoms with Crippen molar-refractivity contribution in [1.29, 1.82) is 0 Å². The van der Waals surface area contributed by atoms with Gasteiger partial charge in [-0.15, -0.1) is 11.8 Å². The van der Waals surface area contributed by atoms with Gasteiger partial charge in [0.1, 0.15) is 0 Å². The molecule has 1 aromatic rings. The van der Waals surface area contributed by atoms with Gasteiger partial charge in [0.05, 0.1) is 5.69 Å².